The summed E-state index contributed by atoms with van der Waals surface area (Å²) in [4.78, 5) is 31.4. The number of amides is 2. The molecule has 29 heavy (non-hydrogen) atoms. The first-order valence-corrected chi connectivity index (χ1v) is 10.7. The molecule has 1 N–H and O–H groups in total. The molecule has 1 aromatic heterocycles. The molecule has 4 heterocycles. The molecule has 1 spiro atoms. The van der Waals surface area contributed by atoms with E-state index in [1.165, 1.54) is 0 Å². The molecule has 158 valence electrons. The number of nitrogens with one attached hydrogen (secondary N) is 1. The summed E-state index contributed by atoms with van der Waals surface area (Å²) in [5, 5.41) is 3.09. The van der Waals surface area contributed by atoms with Crippen molar-refractivity contribution in [3.63, 3.8) is 0 Å². The number of nitrogens with zero attached hydrogens (tertiary/aromatic N) is 2. The number of pyridine rings is 1. The van der Waals surface area contributed by atoms with Gasteiger partial charge in [0.05, 0.1) is 36.8 Å². The van der Waals surface area contributed by atoms with Crippen LogP contribution in [-0.2, 0) is 14.3 Å². The zero-order valence-corrected chi connectivity index (χ0v) is 17.6. The lowest BCUT2D eigenvalue weighted by Gasteiger charge is -2.29. The average molecular weight is 402 g/mol. The van der Waals surface area contributed by atoms with Crippen molar-refractivity contribution >= 4 is 11.8 Å². The van der Waals surface area contributed by atoms with Gasteiger partial charge in [-0.25, -0.2) is 0 Å². The van der Waals surface area contributed by atoms with E-state index in [0.29, 0.717) is 44.8 Å². The molecular formula is C22H31N3O4. The van der Waals surface area contributed by atoms with Gasteiger partial charge in [0.25, 0.3) is 5.91 Å². The third kappa shape index (κ3) is 3.78. The number of ether oxygens (including phenoxy) is 2. The van der Waals surface area contributed by atoms with Gasteiger partial charge >= 0.3 is 0 Å². The van der Waals surface area contributed by atoms with Gasteiger partial charge < -0.3 is 19.7 Å². The quantitative estimate of drug-likeness (QED) is 0.706. The maximum atomic E-state index is 12.6. The molecule has 3 saturated heterocycles. The number of hydrogen-bond donors (Lipinski definition) is 1. The highest BCUT2D eigenvalue weighted by molar-refractivity contribution is 5.94. The normalized spacial score (nSPS) is 29.9. The molecule has 7 heteroatoms. The Morgan fingerprint density at radius 2 is 2.24 bits per heavy atom. The second kappa shape index (κ2) is 8.03. The van der Waals surface area contributed by atoms with Crippen LogP contribution in [0.1, 0.15) is 47.8 Å². The van der Waals surface area contributed by atoms with Crippen molar-refractivity contribution in [3.05, 3.63) is 29.1 Å². The molecule has 2 bridgehead atoms. The zero-order chi connectivity index (χ0) is 20.6. The van der Waals surface area contributed by atoms with Crippen LogP contribution in [0.5, 0.6) is 0 Å². The van der Waals surface area contributed by atoms with Crippen LogP contribution in [0.2, 0.25) is 0 Å². The van der Waals surface area contributed by atoms with Crippen LogP contribution in [-0.4, -0.2) is 66.3 Å². The first-order valence-electron chi connectivity index (χ1n) is 10.7. The van der Waals surface area contributed by atoms with E-state index in [1.54, 1.807) is 6.20 Å². The maximum Gasteiger partial charge on any atom is 0.252 e. The fourth-order valence-corrected chi connectivity index (χ4v) is 5.20. The Hall–Kier alpha value is -1.99. The molecule has 3 aliphatic rings. The predicted octanol–water partition coefficient (Wildman–Crippen LogP) is 1.86. The van der Waals surface area contributed by atoms with Crippen molar-refractivity contribution in [2.75, 3.05) is 32.8 Å². The highest BCUT2D eigenvalue weighted by atomic mass is 16.5. The van der Waals surface area contributed by atoms with Crippen molar-refractivity contribution in [2.24, 2.45) is 11.8 Å². The fraction of sp³-hybridized carbons (Fsp3) is 0.682. The lowest BCUT2D eigenvalue weighted by molar-refractivity contribution is -0.132. The first kappa shape index (κ1) is 20.3. The van der Waals surface area contributed by atoms with Gasteiger partial charge in [-0.1, -0.05) is 0 Å². The van der Waals surface area contributed by atoms with Gasteiger partial charge in [0.1, 0.15) is 0 Å². The molecule has 3 fully saturated rings. The number of rotatable bonds is 7. The summed E-state index contributed by atoms with van der Waals surface area (Å²) in [5.41, 5.74) is 2.32. The molecule has 3 aliphatic heterocycles. The van der Waals surface area contributed by atoms with E-state index < -0.39 is 0 Å². The van der Waals surface area contributed by atoms with Crippen LogP contribution in [0.3, 0.4) is 0 Å². The number of aromatic nitrogens is 1. The Balaban J connectivity index is 1.37. The van der Waals surface area contributed by atoms with E-state index >= 15 is 0 Å². The molecule has 2 amide bonds. The number of hydrogen-bond acceptors (Lipinski definition) is 5. The van der Waals surface area contributed by atoms with Crippen molar-refractivity contribution in [1.29, 1.82) is 0 Å². The Morgan fingerprint density at radius 3 is 3.00 bits per heavy atom. The molecule has 1 aromatic rings. The Labute approximate surface area is 172 Å². The SMILES string of the molecule is CCOCCC(=O)N1C[C@@H]2[C@H](CNC(=O)c3cnc(C)c(C)c3)[C@H]3CC[C@]2(C1)O3. The summed E-state index contributed by atoms with van der Waals surface area (Å²) >= 11 is 0. The largest absolute Gasteiger partial charge is 0.381 e. The van der Waals surface area contributed by atoms with Gasteiger partial charge in [0, 0.05) is 43.4 Å². The van der Waals surface area contributed by atoms with Crippen molar-refractivity contribution in [3.8, 4) is 0 Å². The number of aryl methyl sites for hydroxylation is 2. The number of carbonyl (C=O) groups is 2. The fourth-order valence-electron chi connectivity index (χ4n) is 5.20. The smallest absolute Gasteiger partial charge is 0.252 e. The first-order chi connectivity index (χ1) is 13.9. The number of fused-ring (bicyclic) bond motifs is 1. The summed E-state index contributed by atoms with van der Waals surface area (Å²) in [6.45, 7) is 8.89. The molecular weight excluding hydrogens is 370 g/mol. The average Bonchev–Trinajstić information content (AvgIpc) is 3.37. The van der Waals surface area contributed by atoms with Gasteiger partial charge in [-0.2, -0.15) is 0 Å². The highest BCUT2D eigenvalue weighted by Crippen LogP contribution is 2.54. The number of likely N-dealkylation sites (tertiary alicyclic amines) is 1. The molecule has 7 nitrogen and oxygen atoms in total. The van der Waals surface area contributed by atoms with E-state index in [-0.39, 0.29) is 35.4 Å². The van der Waals surface area contributed by atoms with Gasteiger partial charge in [0.15, 0.2) is 0 Å². The molecule has 0 unspecified atom stereocenters. The second-order valence-corrected chi connectivity index (χ2v) is 8.59. The minimum atomic E-state index is -0.219. The highest BCUT2D eigenvalue weighted by Gasteiger charge is 2.63. The van der Waals surface area contributed by atoms with E-state index in [9.17, 15) is 9.59 Å². The third-order valence-electron chi connectivity index (χ3n) is 6.90. The Bertz CT molecular complexity index is 798. The predicted molar refractivity (Wildman–Crippen MR) is 108 cm³/mol. The van der Waals surface area contributed by atoms with Crippen LogP contribution in [0.4, 0.5) is 0 Å². The van der Waals surface area contributed by atoms with Crippen molar-refractivity contribution in [2.45, 2.75) is 51.7 Å². The minimum Gasteiger partial charge on any atom is -0.381 e. The molecule has 4 rings (SSSR count). The van der Waals surface area contributed by atoms with Crippen LogP contribution >= 0.6 is 0 Å². The van der Waals surface area contributed by atoms with Crippen LogP contribution < -0.4 is 5.32 Å². The van der Waals surface area contributed by atoms with Gasteiger partial charge in [0.2, 0.25) is 5.91 Å². The van der Waals surface area contributed by atoms with Crippen molar-refractivity contribution < 1.29 is 19.1 Å². The van der Waals surface area contributed by atoms with Gasteiger partial charge in [-0.15, -0.1) is 0 Å². The summed E-state index contributed by atoms with van der Waals surface area (Å²) in [7, 11) is 0. The lowest BCUT2D eigenvalue weighted by atomic mass is 9.73. The molecule has 0 aliphatic carbocycles. The van der Waals surface area contributed by atoms with Gasteiger partial charge in [-0.05, 0) is 45.2 Å². The molecule has 0 radical (unpaired) electrons. The Morgan fingerprint density at radius 1 is 1.41 bits per heavy atom. The van der Waals surface area contributed by atoms with Crippen LogP contribution in [0.25, 0.3) is 0 Å². The standard InChI is InChI=1S/C22H31N3O4/c1-4-28-8-6-20(26)25-12-18-17(19-5-7-22(18,13-25)29-19)11-24-21(27)16-9-14(2)15(3)23-10-16/h9-10,17-19H,4-8,11-13H2,1-3H3,(H,24,27)/t17-,18+,19+,22+/m0/s1. The van der Waals surface area contributed by atoms with Gasteiger partial charge in [-0.3, -0.25) is 14.6 Å². The minimum absolute atomic E-state index is 0.0972. The second-order valence-electron chi connectivity index (χ2n) is 8.59. The summed E-state index contributed by atoms with van der Waals surface area (Å²) in [5.74, 6) is 0.575. The third-order valence-corrected chi connectivity index (χ3v) is 6.90. The zero-order valence-electron chi connectivity index (χ0n) is 17.6. The van der Waals surface area contributed by atoms with E-state index in [2.05, 4.69) is 10.3 Å². The monoisotopic (exact) mass is 401 g/mol. The summed E-state index contributed by atoms with van der Waals surface area (Å²) in [6.07, 6.45) is 4.23. The maximum absolute atomic E-state index is 12.6. The Kier molecular flexibility index (Phi) is 5.62. The topological polar surface area (TPSA) is 80.8 Å². The molecule has 4 atom stereocenters. The van der Waals surface area contributed by atoms with Crippen LogP contribution in [0.15, 0.2) is 12.3 Å². The lowest BCUT2D eigenvalue weighted by Crippen LogP contribution is -2.41. The molecule has 0 aromatic carbocycles. The molecule has 0 saturated carbocycles. The number of carbonyl (C=O) groups excluding carboxylic acids is 2. The van der Waals surface area contributed by atoms with E-state index in [0.717, 1.165) is 24.1 Å². The summed E-state index contributed by atoms with van der Waals surface area (Å²) < 4.78 is 11.7. The van der Waals surface area contributed by atoms with E-state index in [4.69, 9.17) is 9.47 Å². The van der Waals surface area contributed by atoms with E-state index in [1.807, 2.05) is 31.7 Å². The summed E-state index contributed by atoms with van der Waals surface area (Å²) in [6, 6.07) is 1.88. The van der Waals surface area contributed by atoms with Crippen molar-refractivity contribution in [1.82, 2.24) is 15.2 Å². The van der Waals surface area contributed by atoms with Crippen LogP contribution in [0, 0.1) is 25.7 Å².